The van der Waals surface area contributed by atoms with Crippen LogP contribution < -0.4 is 21.3 Å². The van der Waals surface area contributed by atoms with Gasteiger partial charge < -0.3 is 31.4 Å². The van der Waals surface area contributed by atoms with E-state index in [1.54, 1.807) is 42.1 Å². The molecule has 1 unspecified atom stereocenters. The Kier molecular flexibility index (Phi) is 11.1. The van der Waals surface area contributed by atoms with Gasteiger partial charge in [0.1, 0.15) is 6.04 Å². The number of aromatic nitrogens is 4. The number of nitrogens with zero attached hydrogens (tertiary/aromatic N) is 3. The van der Waals surface area contributed by atoms with Crippen LogP contribution in [-0.4, -0.2) is 80.4 Å². The van der Waals surface area contributed by atoms with E-state index in [1.165, 1.54) is 0 Å². The SMILES string of the molecule is O=C(CCCCCNC(=O)C(F)(F)F)NC(CNC(=O)c1ccc2c(cnn2CCCNc2ncc[nH]2)c1)C(=O)O. The summed E-state index contributed by atoms with van der Waals surface area (Å²) in [7, 11) is 0. The number of carboxylic acids is 1. The third-order valence-corrected chi connectivity index (χ3v) is 5.97. The maximum absolute atomic E-state index is 12.7. The molecule has 41 heavy (non-hydrogen) atoms. The Labute approximate surface area is 232 Å². The number of H-pyrrole nitrogens is 1. The average molecular weight is 581 g/mol. The van der Waals surface area contributed by atoms with Crippen molar-refractivity contribution in [3.8, 4) is 0 Å². The van der Waals surface area contributed by atoms with Gasteiger partial charge in [-0.25, -0.2) is 9.78 Å². The Bertz CT molecular complexity index is 1330. The smallest absolute Gasteiger partial charge is 0.471 e. The van der Waals surface area contributed by atoms with Crippen LogP contribution in [0.2, 0.25) is 0 Å². The summed E-state index contributed by atoms with van der Waals surface area (Å²) in [6.07, 6.45) is 1.63. The highest BCUT2D eigenvalue weighted by molar-refractivity contribution is 5.98. The zero-order valence-electron chi connectivity index (χ0n) is 22.0. The van der Waals surface area contributed by atoms with Crippen molar-refractivity contribution in [1.82, 2.24) is 35.7 Å². The van der Waals surface area contributed by atoms with E-state index < -0.39 is 35.9 Å². The van der Waals surface area contributed by atoms with E-state index in [1.807, 2.05) is 4.68 Å². The van der Waals surface area contributed by atoms with Crippen LogP contribution in [0.4, 0.5) is 19.1 Å². The van der Waals surface area contributed by atoms with Crippen LogP contribution in [0.3, 0.4) is 0 Å². The normalized spacial score (nSPS) is 12.1. The fraction of sp³-hybridized carbons (Fsp3) is 0.440. The van der Waals surface area contributed by atoms with Crippen LogP contribution in [0.1, 0.15) is 42.5 Å². The number of alkyl halides is 3. The molecule has 0 radical (unpaired) electrons. The number of anilines is 1. The van der Waals surface area contributed by atoms with E-state index >= 15 is 0 Å². The monoisotopic (exact) mass is 580 g/mol. The highest BCUT2D eigenvalue weighted by Gasteiger charge is 2.38. The number of benzene rings is 1. The van der Waals surface area contributed by atoms with E-state index in [4.69, 9.17) is 0 Å². The van der Waals surface area contributed by atoms with E-state index in [0.717, 1.165) is 17.3 Å². The highest BCUT2D eigenvalue weighted by atomic mass is 19.4. The van der Waals surface area contributed by atoms with Crippen LogP contribution in [-0.2, 0) is 20.9 Å². The number of amides is 3. The lowest BCUT2D eigenvalue weighted by atomic mass is 10.1. The molecule has 1 atom stereocenters. The van der Waals surface area contributed by atoms with Crippen LogP contribution in [0, 0.1) is 0 Å². The van der Waals surface area contributed by atoms with Crippen molar-refractivity contribution >= 4 is 40.5 Å². The Morgan fingerprint density at radius 1 is 1.05 bits per heavy atom. The standard InChI is InChI=1S/C25H31F3N8O5/c26-25(27,28)23(41)29-8-3-1-2-5-20(37)35-18(22(39)40)15-33-21(38)16-6-7-19-17(13-16)14-34-36(19)12-4-9-30-24-31-10-11-32-24/h6-7,10-11,13-14,18H,1-5,8-9,12,15H2,(H,29,41)(H,33,38)(H,35,37)(H,39,40)(H2,30,31,32). The fourth-order valence-corrected chi connectivity index (χ4v) is 3.86. The van der Waals surface area contributed by atoms with Crippen LogP contribution in [0.5, 0.6) is 0 Å². The van der Waals surface area contributed by atoms with Gasteiger partial charge in [0.25, 0.3) is 5.91 Å². The molecule has 3 amide bonds. The molecule has 2 aromatic heterocycles. The summed E-state index contributed by atoms with van der Waals surface area (Å²) in [5, 5.41) is 24.2. The molecule has 0 spiro atoms. The summed E-state index contributed by atoms with van der Waals surface area (Å²) < 4.78 is 38.2. The number of rotatable bonds is 16. The van der Waals surface area contributed by atoms with Gasteiger partial charge >= 0.3 is 18.1 Å². The van der Waals surface area contributed by atoms with Crippen molar-refractivity contribution in [3.05, 3.63) is 42.4 Å². The number of halogens is 3. The summed E-state index contributed by atoms with van der Waals surface area (Å²) in [6.45, 7) is 0.767. The number of hydrogen-bond acceptors (Lipinski definition) is 7. The molecule has 3 aromatic rings. The molecule has 0 saturated heterocycles. The Morgan fingerprint density at radius 3 is 2.56 bits per heavy atom. The number of imidazole rings is 1. The topological polar surface area (TPSA) is 183 Å². The largest absolute Gasteiger partial charge is 0.480 e. The Morgan fingerprint density at radius 2 is 1.85 bits per heavy atom. The van der Waals surface area contributed by atoms with Gasteiger partial charge in [-0.1, -0.05) is 6.42 Å². The van der Waals surface area contributed by atoms with E-state index in [0.29, 0.717) is 31.0 Å². The van der Waals surface area contributed by atoms with Crippen molar-refractivity contribution in [2.45, 2.75) is 50.9 Å². The minimum atomic E-state index is -4.95. The molecule has 3 rings (SSSR count). The first-order valence-corrected chi connectivity index (χ1v) is 12.9. The first-order valence-electron chi connectivity index (χ1n) is 12.9. The lowest BCUT2D eigenvalue weighted by Gasteiger charge is -2.15. The van der Waals surface area contributed by atoms with Crippen LogP contribution >= 0.6 is 0 Å². The molecule has 16 heteroatoms. The minimum absolute atomic E-state index is 0.0650. The van der Waals surface area contributed by atoms with Gasteiger partial charge in [-0.15, -0.1) is 0 Å². The van der Waals surface area contributed by atoms with Gasteiger partial charge in [0.05, 0.1) is 11.7 Å². The molecular formula is C25H31F3N8O5. The first kappa shape index (κ1) is 30.9. The lowest BCUT2D eigenvalue weighted by molar-refractivity contribution is -0.173. The quantitative estimate of drug-likeness (QED) is 0.139. The molecule has 0 bridgehead atoms. The summed E-state index contributed by atoms with van der Waals surface area (Å²) >= 11 is 0. The molecular weight excluding hydrogens is 549 g/mol. The molecule has 2 heterocycles. The van der Waals surface area contributed by atoms with Crippen molar-refractivity contribution < 1.29 is 37.5 Å². The molecule has 0 aliphatic heterocycles. The van der Waals surface area contributed by atoms with Gasteiger partial charge in [0, 0.05) is 55.9 Å². The van der Waals surface area contributed by atoms with Crippen molar-refractivity contribution in [2.75, 3.05) is 25.0 Å². The third-order valence-electron chi connectivity index (χ3n) is 5.97. The highest BCUT2D eigenvalue weighted by Crippen LogP contribution is 2.17. The lowest BCUT2D eigenvalue weighted by Crippen LogP contribution is -2.48. The molecule has 6 N–H and O–H groups in total. The Balaban J connectivity index is 1.40. The maximum Gasteiger partial charge on any atom is 0.471 e. The van der Waals surface area contributed by atoms with Gasteiger partial charge in [-0.2, -0.15) is 18.3 Å². The third kappa shape index (κ3) is 9.81. The van der Waals surface area contributed by atoms with E-state index in [-0.39, 0.29) is 32.4 Å². The van der Waals surface area contributed by atoms with Gasteiger partial charge in [0.2, 0.25) is 5.91 Å². The predicted molar refractivity (Wildman–Crippen MR) is 141 cm³/mol. The fourth-order valence-electron chi connectivity index (χ4n) is 3.86. The van der Waals surface area contributed by atoms with Gasteiger partial charge in [0.15, 0.2) is 5.95 Å². The van der Waals surface area contributed by atoms with Gasteiger partial charge in [-0.05, 0) is 37.5 Å². The van der Waals surface area contributed by atoms with Crippen molar-refractivity contribution in [1.29, 1.82) is 0 Å². The number of nitrogens with one attached hydrogen (secondary N) is 5. The van der Waals surface area contributed by atoms with E-state index in [9.17, 15) is 37.5 Å². The zero-order valence-corrected chi connectivity index (χ0v) is 22.0. The number of aryl methyl sites for hydroxylation is 1. The van der Waals surface area contributed by atoms with Crippen LogP contribution in [0.15, 0.2) is 36.8 Å². The number of unbranched alkanes of at least 4 members (excludes halogenated alkanes) is 2. The second-order valence-corrected chi connectivity index (χ2v) is 9.09. The summed E-state index contributed by atoms with van der Waals surface area (Å²) in [6, 6.07) is 3.62. The summed E-state index contributed by atoms with van der Waals surface area (Å²) in [5.74, 6) is -3.79. The number of carbonyl (C=O) groups excluding carboxylic acids is 3. The number of carboxylic acid groups (broad SMARTS) is 1. The zero-order chi connectivity index (χ0) is 29.8. The molecule has 0 aliphatic rings. The Hall–Kier alpha value is -4.63. The summed E-state index contributed by atoms with van der Waals surface area (Å²) in [4.78, 5) is 54.1. The first-order chi connectivity index (χ1) is 19.5. The number of carbonyl (C=O) groups is 4. The number of aromatic amines is 1. The molecule has 222 valence electrons. The molecule has 0 fully saturated rings. The maximum atomic E-state index is 12.7. The average Bonchev–Trinajstić information content (AvgIpc) is 3.59. The molecule has 13 nitrogen and oxygen atoms in total. The second kappa shape index (κ2) is 14.7. The minimum Gasteiger partial charge on any atom is -0.480 e. The molecule has 0 aliphatic carbocycles. The molecule has 1 aromatic carbocycles. The number of aliphatic carboxylic acids is 1. The summed E-state index contributed by atoms with van der Waals surface area (Å²) in [5.41, 5.74) is 1.13. The second-order valence-electron chi connectivity index (χ2n) is 9.09. The molecule has 0 saturated carbocycles. The van der Waals surface area contributed by atoms with E-state index in [2.05, 4.69) is 31.0 Å². The van der Waals surface area contributed by atoms with Crippen LogP contribution in [0.25, 0.3) is 10.9 Å². The van der Waals surface area contributed by atoms with Crippen molar-refractivity contribution in [2.24, 2.45) is 0 Å². The number of fused-ring (bicyclic) bond motifs is 1. The van der Waals surface area contributed by atoms with Gasteiger partial charge in [-0.3, -0.25) is 19.1 Å². The predicted octanol–water partition coefficient (Wildman–Crippen LogP) is 1.80. The van der Waals surface area contributed by atoms with Crippen molar-refractivity contribution in [3.63, 3.8) is 0 Å². The number of hydrogen-bond donors (Lipinski definition) is 6.